The maximum Gasteiger partial charge on any atom is 0.295 e. The number of carbonyl (C=O) groups is 2. The minimum Gasteiger partial charge on any atom is -0.507 e. The molecule has 2 aromatic carbocycles. The van der Waals surface area contributed by atoms with Crippen LogP contribution in [0.2, 0.25) is 5.02 Å². The summed E-state index contributed by atoms with van der Waals surface area (Å²) in [5.74, 6) is -1.14. The first-order chi connectivity index (χ1) is 16.0. The van der Waals surface area contributed by atoms with Crippen LogP contribution in [0.3, 0.4) is 0 Å². The lowest BCUT2D eigenvalue weighted by Crippen LogP contribution is -2.29. The average Bonchev–Trinajstić information content (AvgIpc) is 3.08. The van der Waals surface area contributed by atoms with Gasteiger partial charge in [-0.15, -0.1) is 0 Å². The number of halogens is 1. The smallest absolute Gasteiger partial charge is 0.295 e. The fraction of sp³-hybridized carbons (Fsp3) is 0.115. The third-order valence-electron chi connectivity index (χ3n) is 5.30. The van der Waals surface area contributed by atoms with Gasteiger partial charge in [-0.2, -0.15) is 0 Å². The van der Waals surface area contributed by atoms with E-state index in [0.29, 0.717) is 28.5 Å². The van der Waals surface area contributed by atoms with E-state index in [9.17, 15) is 14.7 Å². The summed E-state index contributed by atoms with van der Waals surface area (Å²) in [6, 6.07) is 16.3. The average molecular weight is 461 g/mol. The first-order valence-corrected chi connectivity index (χ1v) is 10.6. The van der Waals surface area contributed by atoms with Gasteiger partial charge in [0.1, 0.15) is 18.1 Å². The van der Waals surface area contributed by atoms with E-state index in [2.05, 4.69) is 11.6 Å². The predicted octanol–water partition coefficient (Wildman–Crippen LogP) is 4.92. The Hall–Kier alpha value is -3.90. The molecule has 0 spiro atoms. The van der Waals surface area contributed by atoms with E-state index < -0.39 is 17.7 Å². The molecule has 1 aromatic heterocycles. The Balaban J connectivity index is 1.84. The first kappa shape index (κ1) is 22.3. The van der Waals surface area contributed by atoms with Crippen LogP contribution in [-0.2, 0) is 16.1 Å². The molecule has 0 aliphatic carbocycles. The molecule has 1 atom stereocenters. The van der Waals surface area contributed by atoms with Gasteiger partial charge in [-0.1, -0.05) is 36.4 Å². The van der Waals surface area contributed by atoms with Crippen molar-refractivity contribution in [1.82, 2.24) is 9.88 Å². The number of hydrogen-bond donors (Lipinski definition) is 1. The van der Waals surface area contributed by atoms with Crippen LogP contribution in [0.15, 0.2) is 91.3 Å². The highest BCUT2D eigenvalue weighted by atomic mass is 35.5. The SMILES string of the molecule is C=CCOc1cccc(C2/C(=C(\O)c3ccc(Cl)cc3)C(=O)C(=O)N2Cc2ccncc2)c1. The Morgan fingerprint density at radius 2 is 1.85 bits per heavy atom. The third kappa shape index (κ3) is 4.66. The zero-order chi connectivity index (χ0) is 23.4. The van der Waals surface area contributed by atoms with Crippen LogP contribution in [0, 0.1) is 0 Å². The monoisotopic (exact) mass is 460 g/mol. The minimum absolute atomic E-state index is 0.0113. The van der Waals surface area contributed by atoms with Gasteiger partial charge < -0.3 is 14.7 Å². The van der Waals surface area contributed by atoms with Crippen molar-refractivity contribution in [3.8, 4) is 5.75 Å². The molecule has 1 N–H and O–H groups in total. The molecule has 3 aromatic rings. The van der Waals surface area contributed by atoms with E-state index in [4.69, 9.17) is 16.3 Å². The minimum atomic E-state index is -0.805. The number of amides is 1. The Morgan fingerprint density at radius 3 is 2.55 bits per heavy atom. The molecule has 1 aliphatic rings. The van der Waals surface area contributed by atoms with Gasteiger partial charge in [0.2, 0.25) is 0 Å². The molecule has 33 heavy (non-hydrogen) atoms. The summed E-state index contributed by atoms with van der Waals surface area (Å²) in [6.07, 6.45) is 4.87. The molecule has 166 valence electrons. The number of Topliss-reactive ketones (excluding diaryl/α,β-unsaturated/α-hetero) is 1. The number of ether oxygens (including phenoxy) is 1. The molecule has 7 heteroatoms. The Morgan fingerprint density at radius 1 is 1.12 bits per heavy atom. The number of rotatable bonds is 7. The lowest BCUT2D eigenvalue weighted by atomic mass is 9.95. The number of aliphatic hydroxyl groups excluding tert-OH is 1. The number of hydrogen-bond acceptors (Lipinski definition) is 5. The summed E-state index contributed by atoms with van der Waals surface area (Å²) in [5.41, 5.74) is 1.85. The standard InChI is InChI=1S/C26H21ClN2O4/c1-2-14-33-21-5-3-4-19(15-21)23-22(24(30)18-6-8-20(27)9-7-18)25(31)26(32)29(23)16-17-10-12-28-13-11-17/h2-13,15,23,30H,1,14,16H2/b24-22+. The number of pyridine rings is 1. The van der Waals surface area contributed by atoms with Crippen molar-refractivity contribution in [2.45, 2.75) is 12.6 Å². The van der Waals surface area contributed by atoms with Gasteiger partial charge >= 0.3 is 0 Å². The van der Waals surface area contributed by atoms with Crippen LogP contribution >= 0.6 is 11.6 Å². The van der Waals surface area contributed by atoms with Crippen LogP contribution in [0.4, 0.5) is 0 Å². The molecule has 2 heterocycles. The summed E-state index contributed by atoms with van der Waals surface area (Å²) in [7, 11) is 0. The molecule has 1 amide bonds. The van der Waals surface area contributed by atoms with Crippen LogP contribution in [-0.4, -0.2) is 33.3 Å². The van der Waals surface area contributed by atoms with E-state index in [1.54, 1.807) is 79.1 Å². The fourth-order valence-electron chi connectivity index (χ4n) is 3.77. The van der Waals surface area contributed by atoms with Gasteiger partial charge in [-0.05, 0) is 59.7 Å². The molecule has 0 radical (unpaired) electrons. The summed E-state index contributed by atoms with van der Waals surface area (Å²) < 4.78 is 5.65. The lowest BCUT2D eigenvalue weighted by Gasteiger charge is -2.25. The fourth-order valence-corrected chi connectivity index (χ4v) is 3.89. The predicted molar refractivity (Wildman–Crippen MR) is 126 cm³/mol. The maximum atomic E-state index is 13.1. The topological polar surface area (TPSA) is 79.7 Å². The number of aromatic nitrogens is 1. The molecule has 1 unspecified atom stereocenters. The van der Waals surface area contributed by atoms with Gasteiger partial charge in [-0.3, -0.25) is 14.6 Å². The highest BCUT2D eigenvalue weighted by Crippen LogP contribution is 2.41. The quantitative estimate of drug-likeness (QED) is 0.234. The van der Waals surface area contributed by atoms with E-state index in [-0.39, 0.29) is 17.9 Å². The molecule has 1 fully saturated rings. The van der Waals surface area contributed by atoms with Crippen LogP contribution in [0.25, 0.3) is 5.76 Å². The third-order valence-corrected chi connectivity index (χ3v) is 5.55. The highest BCUT2D eigenvalue weighted by Gasteiger charge is 2.46. The van der Waals surface area contributed by atoms with Crippen molar-refractivity contribution >= 4 is 29.1 Å². The maximum absolute atomic E-state index is 13.1. The highest BCUT2D eigenvalue weighted by molar-refractivity contribution is 6.46. The van der Waals surface area contributed by atoms with Gasteiger partial charge in [0, 0.05) is 29.5 Å². The number of nitrogens with zero attached hydrogens (tertiary/aromatic N) is 2. The van der Waals surface area contributed by atoms with E-state index in [1.807, 2.05) is 0 Å². The van der Waals surface area contributed by atoms with Crippen molar-refractivity contribution in [3.05, 3.63) is 113 Å². The van der Waals surface area contributed by atoms with Crippen LogP contribution < -0.4 is 4.74 Å². The van der Waals surface area contributed by atoms with Gasteiger partial charge in [0.25, 0.3) is 11.7 Å². The number of benzene rings is 2. The summed E-state index contributed by atoms with van der Waals surface area (Å²) >= 11 is 5.97. The number of carbonyl (C=O) groups excluding carboxylic acids is 2. The summed E-state index contributed by atoms with van der Waals surface area (Å²) in [5, 5.41) is 11.6. The van der Waals surface area contributed by atoms with Crippen LogP contribution in [0.5, 0.6) is 5.75 Å². The molecule has 4 rings (SSSR count). The zero-order valence-corrected chi connectivity index (χ0v) is 18.4. The number of aliphatic hydroxyl groups is 1. The molecule has 6 nitrogen and oxygen atoms in total. The Kier molecular flexibility index (Phi) is 6.56. The van der Waals surface area contributed by atoms with Crippen LogP contribution in [0.1, 0.15) is 22.7 Å². The van der Waals surface area contributed by atoms with Crippen molar-refractivity contribution in [3.63, 3.8) is 0 Å². The summed E-state index contributed by atoms with van der Waals surface area (Å²) in [6.45, 7) is 4.14. The van der Waals surface area contributed by atoms with Gasteiger partial charge in [0.15, 0.2) is 0 Å². The Bertz CT molecular complexity index is 1220. The second kappa shape index (κ2) is 9.71. The van der Waals surface area contributed by atoms with Crippen molar-refractivity contribution in [2.24, 2.45) is 0 Å². The van der Waals surface area contributed by atoms with E-state index >= 15 is 0 Å². The largest absolute Gasteiger partial charge is 0.507 e. The summed E-state index contributed by atoms with van der Waals surface area (Å²) in [4.78, 5) is 31.7. The van der Waals surface area contributed by atoms with Crippen molar-refractivity contribution in [2.75, 3.05) is 6.61 Å². The Labute approximate surface area is 196 Å². The molecular formula is C26H21ClN2O4. The second-order valence-electron chi connectivity index (χ2n) is 7.46. The zero-order valence-electron chi connectivity index (χ0n) is 17.6. The number of ketones is 1. The van der Waals surface area contributed by atoms with Gasteiger partial charge in [0.05, 0.1) is 11.6 Å². The van der Waals surface area contributed by atoms with E-state index in [0.717, 1.165) is 5.56 Å². The molecular weight excluding hydrogens is 440 g/mol. The normalized spacial score (nSPS) is 17.2. The van der Waals surface area contributed by atoms with E-state index in [1.165, 1.54) is 4.90 Å². The second-order valence-corrected chi connectivity index (χ2v) is 7.90. The molecule has 1 aliphatic heterocycles. The first-order valence-electron chi connectivity index (χ1n) is 10.3. The molecule has 0 bridgehead atoms. The number of likely N-dealkylation sites (tertiary alicyclic amines) is 1. The molecule has 1 saturated heterocycles. The lowest BCUT2D eigenvalue weighted by molar-refractivity contribution is -0.140. The van der Waals surface area contributed by atoms with Crippen molar-refractivity contribution < 1.29 is 19.4 Å². The van der Waals surface area contributed by atoms with Gasteiger partial charge in [-0.25, -0.2) is 0 Å². The molecule has 0 saturated carbocycles. The van der Waals surface area contributed by atoms with Crippen molar-refractivity contribution in [1.29, 1.82) is 0 Å².